The maximum absolute atomic E-state index is 11.3. The Morgan fingerprint density at radius 2 is 2.24 bits per heavy atom. The minimum Gasteiger partial charge on any atom is -0.480 e. The van der Waals surface area contributed by atoms with E-state index in [1.54, 1.807) is 13.0 Å². The van der Waals surface area contributed by atoms with Crippen LogP contribution in [0, 0.1) is 0 Å². The minimum atomic E-state index is -0.925. The third-order valence-corrected chi connectivity index (χ3v) is 2.27. The minimum absolute atomic E-state index is 0.248. The molecule has 0 bridgehead atoms. The second kappa shape index (κ2) is 5.83. The van der Waals surface area contributed by atoms with Gasteiger partial charge in [-0.3, -0.25) is 9.78 Å². The molecule has 92 valence electrons. The van der Waals surface area contributed by atoms with Crippen molar-refractivity contribution in [1.29, 1.82) is 0 Å². The number of nitrogens with one attached hydrogen (secondary N) is 2. The van der Waals surface area contributed by atoms with Crippen LogP contribution in [0.25, 0.3) is 0 Å². The fourth-order valence-corrected chi connectivity index (χ4v) is 1.31. The summed E-state index contributed by atoms with van der Waals surface area (Å²) in [5, 5.41) is 14.2. The number of carboxylic acids is 1. The first-order valence-electron chi connectivity index (χ1n) is 5.26. The number of aliphatic carboxylic acids is 1. The standard InChI is InChI=1S/C11H15N3O3/c1-3-8(11(16)17)14-7-4-5-13-9(6-7)10(15)12-2/h4-6,8H,3H2,1-2H3,(H,12,15)(H,13,14)(H,16,17). The van der Waals surface area contributed by atoms with Gasteiger partial charge in [0.05, 0.1) is 0 Å². The van der Waals surface area contributed by atoms with E-state index in [2.05, 4.69) is 15.6 Å². The summed E-state index contributed by atoms with van der Waals surface area (Å²) in [4.78, 5) is 26.1. The molecule has 1 heterocycles. The van der Waals surface area contributed by atoms with Crippen LogP contribution < -0.4 is 10.6 Å². The van der Waals surface area contributed by atoms with E-state index >= 15 is 0 Å². The first-order chi connectivity index (χ1) is 8.08. The highest BCUT2D eigenvalue weighted by molar-refractivity contribution is 5.93. The number of pyridine rings is 1. The van der Waals surface area contributed by atoms with Crippen molar-refractivity contribution in [3.05, 3.63) is 24.0 Å². The van der Waals surface area contributed by atoms with Crippen LogP contribution in [0.2, 0.25) is 0 Å². The summed E-state index contributed by atoms with van der Waals surface area (Å²) in [6.07, 6.45) is 1.91. The first-order valence-corrected chi connectivity index (χ1v) is 5.26. The zero-order valence-electron chi connectivity index (χ0n) is 9.73. The fourth-order valence-electron chi connectivity index (χ4n) is 1.31. The predicted octanol–water partition coefficient (Wildman–Crippen LogP) is 0.716. The number of aromatic nitrogens is 1. The Morgan fingerprint density at radius 3 is 2.76 bits per heavy atom. The number of hydrogen-bond acceptors (Lipinski definition) is 4. The molecule has 1 unspecified atom stereocenters. The highest BCUT2D eigenvalue weighted by atomic mass is 16.4. The van der Waals surface area contributed by atoms with E-state index in [0.717, 1.165) is 0 Å². The molecule has 1 atom stereocenters. The molecule has 1 aromatic rings. The summed E-state index contributed by atoms with van der Waals surface area (Å²) in [6.45, 7) is 1.77. The van der Waals surface area contributed by atoms with E-state index in [-0.39, 0.29) is 11.6 Å². The SMILES string of the molecule is CCC(Nc1ccnc(C(=O)NC)c1)C(=O)O. The topological polar surface area (TPSA) is 91.3 Å². The molecule has 1 rings (SSSR count). The number of carbonyl (C=O) groups is 2. The van der Waals surface area contributed by atoms with Gasteiger partial charge in [-0.05, 0) is 18.6 Å². The largest absolute Gasteiger partial charge is 0.480 e. The maximum atomic E-state index is 11.3. The molecule has 0 fully saturated rings. The van der Waals surface area contributed by atoms with Crippen molar-refractivity contribution in [2.45, 2.75) is 19.4 Å². The average Bonchev–Trinajstić information content (AvgIpc) is 2.34. The van der Waals surface area contributed by atoms with E-state index in [1.165, 1.54) is 19.3 Å². The third-order valence-electron chi connectivity index (χ3n) is 2.27. The Balaban J connectivity index is 2.85. The van der Waals surface area contributed by atoms with Gasteiger partial charge in [-0.15, -0.1) is 0 Å². The molecule has 1 aromatic heterocycles. The quantitative estimate of drug-likeness (QED) is 0.701. The van der Waals surface area contributed by atoms with Crippen LogP contribution in [0.15, 0.2) is 18.3 Å². The Hall–Kier alpha value is -2.11. The second-order valence-electron chi connectivity index (χ2n) is 3.45. The number of anilines is 1. The van der Waals surface area contributed by atoms with Gasteiger partial charge in [-0.25, -0.2) is 4.79 Å². The van der Waals surface area contributed by atoms with Crippen LogP contribution in [0.4, 0.5) is 5.69 Å². The van der Waals surface area contributed by atoms with Gasteiger partial charge in [-0.2, -0.15) is 0 Å². The highest BCUT2D eigenvalue weighted by Crippen LogP contribution is 2.11. The van der Waals surface area contributed by atoms with E-state index in [1.807, 2.05) is 0 Å². The molecule has 0 aliphatic carbocycles. The highest BCUT2D eigenvalue weighted by Gasteiger charge is 2.15. The summed E-state index contributed by atoms with van der Waals surface area (Å²) in [7, 11) is 1.51. The van der Waals surface area contributed by atoms with Gasteiger partial charge in [-0.1, -0.05) is 6.92 Å². The summed E-state index contributed by atoms with van der Waals surface area (Å²) in [5.41, 5.74) is 0.811. The van der Waals surface area contributed by atoms with Gasteiger partial charge < -0.3 is 15.7 Å². The number of rotatable bonds is 5. The summed E-state index contributed by atoms with van der Waals surface area (Å²) >= 11 is 0. The van der Waals surface area contributed by atoms with Crippen molar-refractivity contribution < 1.29 is 14.7 Å². The molecule has 6 nitrogen and oxygen atoms in total. The number of amides is 1. The van der Waals surface area contributed by atoms with E-state index in [9.17, 15) is 9.59 Å². The molecule has 6 heteroatoms. The van der Waals surface area contributed by atoms with Gasteiger partial charge in [0.25, 0.3) is 5.91 Å². The monoisotopic (exact) mass is 237 g/mol. The molecule has 0 aromatic carbocycles. The lowest BCUT2D eigenvalue weighted by atomic mass is 10.2. The van der Waals surface area contributed by atoms with E-state index in [0.29, 0.717) is 12.1 Å². The van der Waals surface area contributed by atoms with Crippen molar-refractivity contribution in [2.75, 3.05) is 12.4 Å². The molecule has 0 aliphatic heterocycles. The molecule has 0 saturated carbocycles. The Kier molecular flexibility index (Phi) is 4.45. The number of carboxylic acid groups (broad SMARTS) is 1. The van der Waals surface area contributed by atoms with E-state index in [4.69, 9.17) is 5.11 Å². The van der Waals surface area contributed by atoms with Crippen LogP contribution in [-0.2, 0) is 4.79 Å². The van der Waals surface area contributed by atoms with Crippen molar-refractivity contribution in [1.82, 2.24) is 10.3 Å². The summed E-state index contributed by atoms with van der Waals surface area (Å²) < 4.78 is 0. The Bertz CT molecular complexity index is 420. The number of hydrogen-bond donors (Lipinski definition) is 3. The molecule has 1 amide bonds. The van der Waals surface area contributed by atoms with Crippen molar-refractivity contribution in [3.63, 3.8) is 0 Å². The molecule has 0 spiro atoms. The van der Waals surface area contributed by atoms with Gasteiger partial charge in [0, 0.05) is 18.9 Å². The molecule has 0 saturated heterocycles. The zero-order chi connectivity index (χ0) is 12.8. The van der Waals surface area contributed by atoms with Crippen molar-refractivity contribution >= 4 is 17.6 Å². The summed E-state index contributed by atoms with van der Waals surface area (Å²) in [6, 6.07) is 2.47. The molecule has 17 heavy (non-hydrogen) atoms. The number of nitrogens with zero attached hydrogens (tertiary/aromatic N) is 1. The van der Waals surface area contributed by atoms with Crippen LogP contribution >= 0.6 is 0 Å². The van der Waals surface area contributed by atoms with Gasteiger partial charge in [0.15, 0.2) is 0 Å². The number of carbonyl (C=O) groups excluding carboxylic acids is 1. The zero-order valence-corrected chi connectivity index (χ0v) is 9.73. The van der Waals surface area contributed by atoms with Crippen molar-refractivity contribution in [3.8, 4) is 0 Å². The van der Waals surface area contributed by atoms with Gasteiger partial charge in [0.1, 0.15) is 11.7 Å². The van der Waals surface area contributed by atoms with Crippen LogP contribution in [0.3, 0.4) is 0 Å². The first kappa shape index (κ1) is 13.0. The fraction of sp³-hybridized carbons (Fsp3) is 0.364. The lowest BCUT2D eigenvalue weighted by molar-refractivity contribution is -0.137. The molecule has 3 N–H and O–H groups in total. The Morgan fingerprint density at radius 1 is 1.53 bits per heavy atom. The Labute approximate surface area is 99.1 Å². The maximum Gasteiger partial charge on any atom is 0.326 e. The molecular formula is C11H15N3O3. The summed E-state index contributed by atoms with van der Waals surface area (Å²) in [5.74, 6) is -1.23. The van der Waals surface area contributed by atoms with E-state index < -0.39 is 12.0 Å². The lowest BCUT2D eigenvalue weighted by Crippen LogP contribution is -2.28. The molecule has 0 aliphatic rings. The van der Waals surface area contributed by atoms with Gasteiger partial charge in [0.2, 0.25) is 0 Å². The lowest BCUT2D eigenvalue weighted by Gasteiger charge is -2.13. The average molecular weight is 237 g/mol. The predicted molar refractivity (Wildman–Crippen MR) is 63.0 cm³/mol. The normalized spacial score (nSPS) is 11.6. The van der Waals surface area contributed by atoms with Crippen LogP contribution in [0.1, 0.15) is 23.8 Å². The second-order valence-corrected chi connectivity index (χ2v) is 3.45. The molecule has 0 radical (unpaired) electrons. The third kappa shape index (κ3) is 3.44. The van der Waals surface area contributed by atoms with Crippen molar-refractivity contribution in [2.24, 2.45) is 0 Å². The molecular weight excluding hydrogens is 222 g/mol. The van der Waals surface area contributed by atoms with Crippen LogP contribution in [-0.4, -0.2) is 35.1 Å². The van der Waals surface area contributed by atoms with Gasteiger partial charge >= 0.3 is 5.97 Å². The smallest absolute Gasteiger partial charge is 0.326 e. The van der Waals surface area contributed by atoms with Crippen LogP contribution in [0.5, 0.6) is 0 Å².